The third-order valence-corrected chi connectivity index (χ3v) is 4.20. The zero-order valence-corrected chi connectivity index (χ0v) is 14.6. The minimum absolute atomic E-state index is 0.00933. The molecule has 2 rings (SSSR count). The molecule has 2 aromatic rings. The van der Waals surface area contributed by atoms with Gasteiger partial charge in [0.25, 0.3) is 5.91 Å². The van der Waals surface area contributed by atoms with Gasteiger partial charge in [-0.2, -0.15) is 0 Å². The number of rotatable bonds is 4. The number of hydrogen-bond donors (Lipinski definition) is 1. The molecule has 0 radical (unpaired) electrons. The lowest BCUT2D eigenvalue weighted by Crippen LogP contribution is -2.27. The van der Waals surface area contributed by atoms with Gasteiger partial charge in [0.1, 0.15) is 11.5 Å². The second kappa shape index (κ2) is 7.05. The molecule has 0 aliphatic rings. The van der Waals surface area contributed by atoms with E-state index in [9.17, 15) is 14.0 Å². The second-order valence-corrected chi connectivity index (χ2v) is 5.89. The summed E-state index contributed by atoms with van der Waals surface area (Å²) in [5.41, 5.74) is 1.88. The fourth-order valence-corrected chi connectivity index (χ4v) is 2.78. The Morgan fingerprint density at radius 2 is 2.00 bits per heavy atom. The second-order valence-electron chi connectivity index (χ2n) is 5.48. The van der Waals surface area contributed by atoms with E-state index in [2.05, 4.69) is 4.98 Å². The molecular formula is C17H18ClFN2O3. The molecule has 0 saturated heterocycles. The van der Waals surface area contributed by atoms with Crippen LogP contribution in [-0.4, -0.2) is 35.9 Å². The molecule has 7 heteroatoms. The third-order valence-electron chi connectivity index (χ3n) is 3.84. The Morgan fingerprint density at radius 1 is 1.33 bits per heavy atom. The van der Waals surface area contributed by atoms with Crippen LogP contribution >= 0.6 is 11.6 Å². The van der Waals surface area contributed by atoms with E-state index in [0.717, 1.165) is 0 Å². The van der Waals surface area contributed by atoms with Gasteiger partial charge in [0.2, 0.25) is 0 Å². The van der Waals surface area contributed by atoms with Crippen molar-refractivity contribution in [3.63, 3.8) is 0 Å². The average Bonchev–Trinajstić information content (AvgIpc) is 2.84. The minimum atomic E-state index is -0.514. The number of aryl methyl sites for hydroxylation is 1. The molecule has 0 aliphatic carbocycles. The molecular weight excluding hydrogens is 335 g/mol. The Hall–Kier alpha value is -2.34. The van der Waals surface area contributed by atoms with E-state index in [4.69, 9.17) is 16.3 Å². The van der Waals surface area contributed by atoms with E-state index >= 15 is 0 Å². The molecule has 0 fully saturated rings. The summed E-state index contributed by atoms with van der Waals surface area (Å²) in [5.74, 6) is -1.36. The smallest absolute Gasteiger partial charge is 0.339 e. The number of methoxy groups -OCH3 is 1. The van der Waals surface area contributed by atoms with Crippen LogP contribution in [0.3, 0.4) is 0 Å². The van der Waals surface area contributed by atoms with Gasteiger partial charge in [-0.3, -0.25) is 4.79 Å². The first-order valence-corrected chi connectivity index (χ1v) is 7.61. The van der Waals surface area contributed by atoms with E-state index in [-0.39, 0.29) is 28.7 Å². The lowest BCUT2D eigenvalue weighted by atomic mass is 10.1. The predicted octanol–water partition coefficient (Wildman–Crippen LogP) is 3.48. The highest BCUT2D eigenvalue weighted by Gasteiger charge is 2.25. The first kappa shape index (κ1) is 18.0. The molecule has 1 aromatic carbocycles. The number of carbonyl (C=O) groups excluding carboxylic acids is 2. The van der Waals surface area contributed by atoms with Crippen LogP contribution in [0.1, 0.15) is 37.7 Å². The number of esters is 1. The van der Waals surface area contributed by atoms with Crippen LogP contribution in [0.4, 0.5) is 4.39 Å². The van der Waals surface area contributed by atoms with Crippen molar-refractivity contribution in [3.05, 3.63) is 57.1 Å². The SMILES string of the molecule is COC(=O)c1c(C)[nH]c(C(=O)N(C)Cc2c(F)cccc2Cl)c1C. The Kier molecular flexibility index (Phi) is 5.29. The van der Waals surface area contributed by atoms with E-state index < -0.39 is 11.8 Å². The van der Waals surface area contributed by atoms with Gasteiger partial charge < -0.3 is 14.6 Å². The number of ether oxygens (including phenoxy) is 1. The van der Waals surface area contributed by atoms with Crippen LogP contribution in [0.5, 0.6) is 0 Å². The van der Waals surface area contributed by atoms with Gasteiger partial charge in [-0.1, -0.05) is 17.7 Å². The molecule has 0 aliphatic heterocycles. The maximum Gasteiger partial charge on any atom is 0.339 e. The monoisotopic (exact) mass is 352 g/mol. The van der Waals surface area contributed by atoms with Crippen molar-refractivity contribution in [1.82, 2.24) is 9.88 Å². The number of nitrogens with one attached hydrogen (secondary N) is 1. The van der Waals surface area contributed by atoms with Gasteiger partial charge in [-0.05, 0) is 31.5 Å². The highest BCUT2D eigenvalue weighted by Crippen LogP contribution is 2.23. The molecule has 1 N–H and O–H groups in total. The molecule has 0 unspecified atom stereocenters. The fraction of sp³-hybridized carbons (Fsp3) is 0.294. The van der Waals surface area contributed by atoms with Crippen molar-refractivity contribution in [3.8, 4) is 0 Å². The Morgan fingerprint density at radius 3 is 2.58 bits per heavy atom. The van der Waals surface area contributed by atoms with Crippen LogP contribution in [0.25, 0.3) is 0 Å². The number of amides is 1. The molecule has 1 amide bonds. The van der Waals surface area contributed by atoms with Crippen molar-refractivity contribution in [2.24, 2.45) is 0 Å². The van der Waals surface area contributed by atoms with Gasteiger partial charge in [0.05, 0.1) is 19.2 Å². The van der Waals surface area contributed by atoms with Crippen LogP contribution < -0.4 is 0 Å². The number of H-pyrrole nitrogens is 1. The first-order chi connectivity index (χ1) is 11.3. The maximum atomic E-state index is 13.9. The quantitative estimate of drug-likeness (QED) is 0.857. The normalized spacial score (nSPS) is 10.6. The van der Waals surface area contributed by atoms with Gasteiger partial charge in [0.15, 0.2) is 0 Å². The molecule has 0 saturated carbocycles. The topological polar surface area (TPSA) is 62.4 Å². The van der Waals surface area contributed by atoms with E-state index in [1.165, 1.54) is 24.1 Å². The van der Waals surface area contributed by atoms with Crippen molar-refractivity contribution in [2.45, 2.75) is 20.4 Å². The molecule has 0 atom stereocenters. The molecule has 24 heavy (non-hydrogen) atoms. The van der Waals surface area contributed by atoms with E-state index in [1.54, 1.807) is 27.0 Å². The molecule has 128 valence electrons. The summed E-state index contributed by atoms with van der Waals surface area (Å²) in [6.45, 7) is 3.35. The standard InChI is InChI=1S/C17H18ClFN2O3/c1-9-14(17(23)24-4)10(2)20-15(9)16(22)21(3)8-11-12(18)6-5-7-13(11)19/h5-7,20H,8H2,1-4H3. The Balaban J connectivity index is 2.31. The Bertz CT molecular complexity index is 781. The number of halogens is 2. The molecule has 1 heterocycles. The van der Waals surface area contributed by atoms with Gasteiger partial charge in [-0.15, -0.1) is 0 Å². The van der Waals surface area contributed by atoms with Crippen molar-refractivity contribution >= 4 is 23.5 Å². The zero-order valence-electron chi connectivity index (χ0n) is 13.9. The largest absolute Gasteiger partial charge is 0.465 e. The molecule has 0 spiro atoms. The predicted molar refractivity (Wildman–Crippen MR) is 88.8 cm³/mol. The van der Waals surface area contributed by atoms with Crippen LogP contribution in [0.2, 0.25) is 5.02 Å². The highest BCUT2D eigenvalue weighted by molar-refractivity contribution is 6.31. The molecule has 5 nitrogen and oxygen atoms in total. The van der Waals surface area contributed by atoms with Crippen molar-refractivity contribution in [1.29, 1.82) is 0 Å². The first-order valence-electron chi connectivity index (χ1n) is 7.23. The van der Waals surface area contributed by atoms with Gasteiger partial charge in [-0.25, -0.2) is 9.18 Å². The number of carbonyl (C=O) groups is 2. The maximum absolute atomic E-state index is 13.9. The Labute approximate surface area is 144 Å². The number of benzene rings is 1. The van der Waals surface area contributed by atoms with E-state index in [0.29, 0.717) is 16.8 Å². The lowest BCUT2D eigenvalue weighted by molar-refractivity contribution is 0.0599. The van der Waals surface area contributed by atoms with Crippen LogP contribution in [0, 0.1) is 19.7 Å². The summed E-state index contributed by atoms with van der Waals surface area (Å²) in [6, 6.07) is 4.36. The summed E-state index contributed by atoms with van der Waals surface area (Å²) < 4.78 is 18.6. The van der Waals surface area contributed by atoms with Crippen LogP contribution in [-0.2, 0) is 11.3 Å². The highest BCUT2D eigenvalue weighted by atomic mass is 35.5. The van der Waals surface area contributed by atoms with Gasteiger partial charge in [0, 0.05) is 23.3 Å². The summed E-state index contributed by atoms with van der Waals surface area (Å²) >= 11 is 6.00. The zero-order chi connectivity index (χ0) is 18.0. The fourth-order valence-electron chi connectivity index (χ4n) is 2.56. The molecule has 0 bridgehead atoms. The van der Waals surface area contributed by atoms with Gasteiger partial charge >= 0.3 is 5.97 Å². The lowest BCUT2D eigenvalue weighted by Gasteiger charge is -2.18. The number of aromatic nitrogens is 1. The minimum Gasteiger partial charge on any atom is -0.465 e. The average molecular weight is 353 g/mol. The summed E-state index contributed by atoms with van der Waals surface area (Å²) in [4.78, 5) is 28.7. The van der Waals surface area contributed by atoms with E-state index in [1.807, 2.05) is 0 Å². The van der Waals surface area contributed by atoms with Crippen molar-refractivity contribution < 1.29 is 18.7 Å². The molecule has 1 aromatic heterocycles. The summed E-state index contributed by atoms with van der Waals surface area (Å²) in [6.07, 6.45) is 0. The number of aromatic amines is 1. The summed E-state index contributed by atoms with van der Waals surface area (Å²) in [5, 5.41) is 0.254. The van der Waals surface area contributed by atoms with Crippen LogP contribution in [0.15, 0.2) is 18.2 Å². The number of hydrogen-bond acceptors (Lipinski definition) is 3. The number of nitrogens with zero attached hydrogens (tertiary/aromatic N) is 1. The summed E-state index contributed by atoms with van der Waals surface area (Å²) in [7, 11) is 2.82. The van der Waals surface area contributed by atoms with Crippen molar-refractivity contribution in [2.75, 3.05) is 14.2 Å². The third kappa shape index (κ3) is 3.28.